The Morgan fingerprint density at radius 3 is 2.44 bits per heavy atom. The second kappa shape index (κ2) is 7.67. The smallest absolute Gasteiger partial charge is 0.267 e. The van der Waals surface area contributed by atoms with Crippen LogP contribution in [0.2, 0.25) is 0 Å². The van der Waals surface area contributed by atoms with Crippen LogP contribution < -0.4 is 14.9 Å². The topological polar surface area (TPSA) is 78.2 Å². The third-order valence-electron chi connectivity index (χ3n) is 3.99. The minimum Gasteiger partial charge on any atom is -0.267 e. The zero-order valence-corrected chi connectivity index (χ0v) is 16.2. The van der Waals surface area contributed by atoms with Gasteiger partial charge in [-0.25, -0.2) is 14.8 Å². The highest BCUT2D eigenvalue weighted by Crippen LogP contribution is 2.20. The number of nitrogens with one attached hydrogen (secondary N) is 2. The maximum atomic E-state index is 12.0. The minimum absolute atomic E-state index is 0.0488. The largest absolute Gasteiger partial charge is 0.390 e. The third kappa shape index (κ3) is 4.57. The number of H-pyrrole nitrogens is 1. The highest BCUT2D eigenvalue weighted by atomic mass is 32.1. The predicted molar refractivity (Wildman–Crippen MR) is 107 cm³/mol. The van der Waals surface area contributed by atoms with E-state index < -0.39 is 0 Å². The maximum Gasteiger partial charge on any atom is 0.390 e. The summed E-state index contributed by atoms with van der Waals surface area (Å²) >= 11 is 1.03. The summed E-state index contributed by atoms with van der Waals surface area (Å²) in [6, 6.07) is 12.9. The van der Waals surface area contributed by atoms with E-state index in [1.807, 2.05) is 35.2 Å². The fourth-order valence-electron chi connectivity index (χ4n) is 2.49. The lowest BCUT2D eigenvalue weighted by molar-refractivity contribution is -0.599. The molecule has 3 rings (SSSR count). The van der Waals surface area contributed by atoms with Crippen molar-refractivity contribution in [1.29, 1.82) is 0 Å². The molecule has 2 aromatic heterocycles. The van der Waals surface area contributed by atoms with Gasteiger partial charge in [0.2, 0.25) is 0 Å². The van der Waals surface area contributed by atoms with Crippen molar-refractivity contribution in [3.8, 4) is 5.82 Å². The average molecular weight is 381 g/mol. The average Bonchev–Trinajstić information content (AvgIpc) is 3.02. The van der Waals surface area contributed by atoms with E-state index in [1.165, 1.54) is 11.8 Å². The second-order valence-electron chi connectivity index (χ2n) is 7.04. The van der Waals surface area contributed by atoms with Gasteiger partial charge in [-0.3, -0.25) is 4.79 Å². The number of pyridine rings is 1. The first-order valence-corrected chi connectivity index (χ1v) is 9.30. The first kappa shape index (κ1) is 18.7. The van der Waals surface area contributed by atoms with Gasteiger partial charge in [0.1, 0.15) is 4.88 Å². The number of rotatable bonds is 4. The number of thiazole rings is 1. The van der Waals surface area contributed by atoms with Gasteiger partial charge >= 0.3 is 10.7 Å². The lowest BCUT2D eigenvalue weighted by Gasteiger charge is -2.18. The van der Waals surface area contributed by atoms with Crippen LogP contribution in [0.5, 0.6) is 0 Å². The standard InChI is InChI=1S/C20H20N4O2S/c1-20(2,3)15-9-11-24(12-10-15)17-16(27-19(26)22-17)13-21-23-18(25)14-7-5-4-6-8-14/h4-13H,1-3H3,(H-,21,22,23,25,26)/p+1. The number of carbonyl (C=O) groups is 1. The van der Waals surface area contributed by atoms with Crippen molar-refractivity contribution in [3.63, 3.8) is 0 Å². The summed E-state index contributed by atoms with van der Waals surface area (Å²) in [7, 11) is 0. The van der Waals surface area contributed by atoms with E-state index >= 15 is 0 Å². The zero-order chi connectivity index (χ0) is 19.4. The summed E-state index contributed by atoms with van der Waals surface area (Å²) in [5.74, 6) is 0.307. The van der Waals surface area contributed by atoms with Crippen LogP contribution in [0.1, 0.15) is 41.6 Å². The Hall–Kier alpha value is -3.06. The molecule has 0 atom stereocenters. The number of aromatic nitrogens is 2. The van der Waals surface area contributed by atoms with Crippen LogP contribution in [0.25, 0.3) is 5.82 Å². The Kier molecular flexibility index (Phi) is 5.32. The normalized spacial score (nSPS) is 11.7. The number of benzene rings is 1. The first-order chi connectivity index (χ1) is 12.8. The van der Waals surface area contributed by atoms with Crippen LogP contribution >= 0.6 is 11.3 Å². The molecular formula is C20H21N4O2S+. The molecule has 0 aliphatic carbocycles. The van der Waals surface area contributed by atoms with Gasteiger partial charge in [-0.1, -0.05) is 39.0 Å². The molecular weight excluding hydrogens is 360 g/mol. The molecule has 0 aliphatic heterocycles. The Labute approximate surface area is 161 Å². The van der Waals surface area contributed by atoms with Gasteiger partial charge in [0, 0.05) is 5.56 Å². The molecule has 1 amide bonds. The number of amides is 1. The molecule has 0 fully saturated rings. The molecule has 6 nitrogen and oxygen atoms in total. The number of hydrogen-bond donors (Lipinski definition) is 2. The van der Waals surface area contributed by atoms with E-state index in [9.17, 15) is 9.59 Å². The molecule has 7 heteroatoms. The Bertz CT molecular complexity index is 1010. The summed E-state index contributed by atoms with van der Waals surface area (Å²) < 4.78 is 1.83. The Morgan fingerprint density at radius 1 is 1.15 bits per heavy atom. The Balaban J connectivity index is 1.80. The summed E-state index contributed by atoms with van der Waals surface area (Å²) in [6.45, 7) is 6.44. The van der Waals surface area contributed by atoms with Gasteiger partial charge in [0.15, 0.2) is 0 Å². The minimum atomic E-state index is -0.307. The molecule has 1 aromatic carbocycles. The summed E-state index contributed by atoms with van der Waals surface area (Å²) in [4.78, 5) is 27.1. The van der Waals surface area contributed by atoms with Crippen LogP contribution in [-0.2, 0) is 5.41 Å². The van der Waals surface area contributed by atoms with Crippen molar-refractivity contribution >= 4 is 23.5 Å². The molecule has 0 saturated heterocycles. The van der Waals surface area contributed by atoms with E-state index in [2.05, 4.69) is 36.3 Å². The predicted octanol–water partition coefficient (Wildman–Crippen LogP) is 2.77. The fraction of sp³-hybridized carbons (Fsp3) is 0.200. The van der Waals surface area contributed by atoms with Gasteiger partial charge in [-0.2, -0.15) is 10.1 Å². The monoisotopic (exact) mass is 381 g/mol. The van der Waals surface area contributed by atoms with E-state index in [0.717, 1.165) is 11.3 Å². The molecule has 2 heterocycles. The molecule has 0 aliphatic rings. The van der Waals surface area contributed by atoms with Gasteiger partial charge < -0.3 is 0 Å². The Morgan fingerprint density at radius 2 is 1.81 bits per heavy atom. The lowest BCUT2D eigenvalue weighted by Crippen LogP contribution is -2.32. The van der Waals surface area contributed by atoms with Crippen LogP contribution in [0.15, 0.2) is 64.8 Å². The SMILES string of the molecule is CC(C)(C)c1cc[n+](-c2[nH]c(=O)sc2/C=N/NC(=O)c2ccccc2)cc1. The quantitative estimate of drug-likeness (QED) is 0.414. The summed E-state index contributed by atoms with van der Waals surface area (Å²) in [5, 5.41) is 3.99. The molecule has 0 spiro atoms. The molecule has 3 aromatic rings. The number of aromatic amines is 1. The third-order valence-corrected chi connectivity index (χ3v) is 4.80. The van der Waals surface area contributed by atoms with Crippen molar-refractivity contribution in [2.75, 3.05) is 0 Å². The van der Waals surface area contributed by atoms with Crippen LogP contribution in [0, 0.1) is 0 Å². The van der Waals surface area contributed by atoms with Crippen molar-refractivity contribution < 1.29 is 9.36 Å². The molecule has 138 valence electrons. The highest BCUT2D eigenvalue weighted by Gasteiger charge is 2.18. The highest BCUT2D eigenvalue weighted by molar-refractivity contribution is 7.11. The van der Waals surface area contributed by atoms with Gasteiger partial charge in [-0.15, -0.1) is 0 Å². The number of nitrogens with zero attached hydrogens (tertiary/aromatic N) is 2. The fourth-order valence-corrected chi connectivity index (χ4v) is 3.20. The first-order valence-electron chi connectivity index (χ1n) is 8.48. The number of hydrazone groups is 1. The van der Waals surface area contributed by atoms with E-state index in [0.29, 0.717) is 16.3 Å². The molecule has 2 N–H and O–H groups in total. The van der Waals surface area contributed by atoms with E-state index in [-0.39, 0.29) is 16.2 Å². The second-order valence-corrected chi connectivity index (χ2v) is 8.05. The van der Waals surface area contributed by atoms with Crippen molar-refractivity contribution in [2.45, 2.75) is 26.2 Å². The van der Waals surface area contributed by atoms with Crippen molar-refractivity contribution in [1.82, 2.24) is 10.4 Å². The number of hydrogen-bond acceptors (Lipinski definition) is 4. The van der Waals surface area contributed by atoms with E-state index in [1.54, 1.807) is 24.3 Å². The summed E-state index contributed by atoms with van der Waals surface area (Å²) in [6.07, 6.45) is 5.28. The lowest BCUT2D eigenvalue weighted by atomic mass is 9.88. The van der Waals surface area contributed by atoms with Gasteiger partial charge in [0.05, 0.1) is 18.6 Å². The maximum absolute atomic E-state index is 12.0. The van der Waals surface area contributed by atoms with Crippen molar-refractivity contribution in [2.24, 2.45) is 5.10 Å². The van der Waals surface area contributed by atoms with Crippen molar-refractivity contribution in [3.05, 3.63) is 80.5 Å². The molecule has 0 bridgehead atoms. The molecule has 0 saturated carbocycles. The summed E-state index contributed by atoms with van der Waals surface area (Å²) in [5.41, 5.74) is 4.24. The van der Waals surface area contributed by atoms with Crippen LogP contribution in [0.3, 0.4) is 0 Å². The van der Waals surface area contributed by atoms with E-state index in [4.69, 9.17) is 0 Å². The van der Waals surface area contributed by atoms with Gasteiger partial charge in [-0.05, 0) is 46.6 Å². The zero-order valence-electron chi connectivity index (χ0n) is 15.4. The molecule has 27 heavy (non-hydrogen) atoms. The van der Waals surface area contributed by atoms with Crippen LogP contribution in [0.4, 0.5) is 0 Å². The number of carbonyl (C=O) groups excluding carboxylic acids is 1. The van der Waals surface area contributed by atoms with Gasteiger partial charge in [0.25, 0.3) is 5.91 Å². The molecule has 0 radical (unpaired) electrons. The molecule has 0 unspecified atom stereocenters. The van der Waals surface area contributed by atoms with Crippen LogP contribution in [-0.4, -0.2) is 17.1 Å².